The molecule has 0 rings (SSSR count). The number of hydrogen-bond donors (Lipinski definition) is 0. The van der Waals surface area contributed by atoms with Gasteiger partial charge in [-0.05, 0) is 0 Å². The molecule has 9 heavy (non-hydrogen) atoms. The second-order valence-corrected chi connectivity index (χ2v) is 1.41. The molecule has 0 aliphatic carbocycles. The van der Waals surface area contributed by atoms with Crippen LogP contribution < -0.4 is 0 Å². The van der Waals surface area contributed by atoms with Gasteiger partial charge in [0.25, 0.3) is 0 Å². The third-order valence-electron chi connectivity index (χ3n) is 0.710. The number of rotatable bonds is 3. The van der Waals surface area contributed by atoms with E-state index in [1.807, 2.05) is 0 Å². The lowest BCUT2D eigenvalue weighted by Gasteiger charge is -2.09. The summed E-state index contributed by atoms with van der Waals surface area (Å²) in [5.41, 5.74) is 0. The maximum absolute atomic E-state index is 11.6. The van der Waals surface area contributed by atoms with Gasteiger partial charge in [0.15, 0.2) is 12.5 Å². The Bertz CT molecular complexity index is 103. The van der Waals surface area contributed by atoms with E-state index in [4.69, 9.17) is 0 Å². The minimum Gasteiger partial charge on any atom is -0.297 e. The van der Waals surface area contributed by atoms with Crippen LogP contribution in [0.5, 0.6) is 0 Å². The van der Waals surface area contributed by atoms with Crippen molar-refractivity contribution in [1.82, 2.24) is 0 Å². The van der Waals surface area contributed by atoms with Crippen molar-refractivity contribution in [2.45, 2.75) is 12.1 Å². The number of alkyl halides is 4. The Morgan fingerprint density at radius 2 is 2.00 bits per heavy atom. The molecular formula is C4H4F4O. The predicted octanol–water partition coefficient (Wildman–Crippen LogP) is 1.13. The summed E-state index contributed by atoms with van der Waals surface area (Å²) >= 11 is 0. The third-order valence-corrected chi connectivity index (χ3v) is 0.710. The van der Waals surface area contributed by atoms with Gasteiger partial charge in [-0.15, -0.1) is 0 Å². The van der Waals surface area contributed by atoms with E-state index in [0.29, 0.717) is 0 Å². The standard InChI is InChI=1S/C4H4F4O/c5-1-3(6)4(7,8)2-9/h2-3H,1H2. The summed E-state index contributed by atoms with van der Waals surface area (Å²) in [7, 11) is 0. The summed E-state index contributed by atoms with van der Waals surface area (Å²) in [5, 5.41) is 0. The zero-order valence-corrected chi connectivity index (χ0v) is 4.28. The molecule has 1 nitrogen and oxygen atoms in total. The summed E-state index contributed by atoms with van der Waals surface area (Å²) in [6, 6.07) is 0. The van der Waals surface area contributed by atoms with Gasteiger partial charge in [-0.1, -0.05) is 0 Å². The van der Waals surface area contributed by atoms with Crippen molar-refractivity contribution in [1.29, 1.82) is 0 Å². The van der Waals surface area contributed by atoms with Crippen molar-refractivity contribution in [3.8, 4) is 0 Å². The minimum atomic E-state index is -4.17. The van der Waals surface area contributed by atoms with Crippen LogP contribution in [0.25, 0.3) is 0 Å². The van der Waals surface area contributed by atoms with Gasteiger partial charge < -0.3 is 0 Å². The van der Waals surface area contributed by atoms with Crippen LogP contribution in [0.15, 0.2) is 0 Å². The van der Waals surface area contributed by atoms with E-state index >= 15 is 0 Å². The fourth-order valence-corrected chi connectivity index (χ4v) is 0.177. The van der Waals surface area contributed by atoms with Crippen molar-refractivity contribution in [2.24, 2.45) is 0 Å². The molecule has 1 unspecified atom stereocenters. The first kappa shape index (κ1) is 8.39. The van der Waals surface area contributed by atoms with E-state index in [0.717, 1.165) is 0 Å². The zero-order chi connectivity index (χ0) is 7.49. The number of aldehydes is 1. The molecule has 0 aromatic heterocycles. The lowest BCUT2D eigenvalue weighted by molar-refractivity contribution is -0.140. The van der Waals surface area contributed by atoms with Gasteiger partial charge in [0.2, 0.25) is 0 Å². The lowest BCUT2D eigenvalue weighted by Crippen LogP contribution is -2.32. The Hall–Kier alpha value is -0.610. The lowest BCUT2D eigenvalue weighted by atomic mass is 10.2. The highest BCUT2D eigenvalue weighted by Gasteiger charge is 2.39. The van der Waals surface area contributed by atoms with Crippen LogP contribution in [0, 0.1) is 0 Å². The van der Waals surface area contributed by atoms with E-state index in [1.54, 1.807) is 0 Å². The number of carbonyl (C=O) groups excluding carboxylic acids is 1. The summed E-state index contributed by atoms with van der Waals surface area (Å²) in [5.74, 6) is -4.17. The van der Waals surface area contributed by atoms with Crippen LogP contribution in [0.3, 0.4) is 0 Å². The second kappa shape index (κ2) is 2.80. The molecular weight excluding hydrogens is 140 g/mol. The molecule has 1 atom stereocenters. The molecule has 0 heterocycles. The molecule has 0 aliphatic heterocycles. The number of hydrogen-bond acceptors (Lipinski definition) is 1. The first-order chi connectivity index (χ1) is 4.04. The van der Waals surface area contributed by atoms with Crippen LogP contribution in [-0.2, 0) is 4.79 Å². The summed E-state index contributed by atoms with van der Waals surface area (Å²) in [4.78, 5) is 9.27. The third kappa shape index (κ3) is 1.99. The summed E-state index contributed by atoms with van der Waals surface area (Å²) < 4.78 is 45.7. The van der Waals surface area contributed by atoms with Crippen LogP contribution in [0.4, 0.5) is 17.6 Å². The average Bonchev–Trinajstić information content (AvgIpc) is 1.86. The van der Waals surface area contributed by atoms with E-state index in [1.165, 1.54) is 0 Å². The fourth-order valence-electron chi connectivity index (χ4n) is 0.177. The topological polar surface area (TPSA) is 17.1 Å². The Morgan fingerprint density at radius 3 is 2.11 bits per heavy atom. The van der Waals surface area contributed by atoms with E-state index in [-0.39, 0.29) is 0 Å². The van der Waals surface area contributed by atoms with Crippen LogP contribution in [0.1, 0.15) is 0 Å². The molecule has 0 spiro atoms. The highest BCUT2D eigenvalue weighted by atomic mass is 19.3. The average molecular weight is 144 g/mol. The van der Waals surface area contributed by atoms with Crippen molar-refractivity contribution in [3.63, 3.8) is 0 Å². The quantitative estimate of drug-likeness (QED) is 0.428. The van der Waals surface area contributed by atoms with Gasteiger partial charge >= 0.3 is 5.92 Å². The molecule has 0 bridgehead atoms. The van der Waals surface area contributed by atoms with Crippen LogP contribution >= 0.6 is 0 Å². The Kier molecular flexibility index (Phi) is 2.61. The fraction of sp³-hybridized carbons (Fsp3) is 0.750. The molecule has 0 aliphatic rings. The van der Waals surface area contributed by atoms with Gasteiger partial charge in [-0.3, -0.25) is 4.79 Å². The molecule has 54 valence electrons. The Morgan fingerprint density at radius 1 is 1.56 bits per heavy atom. The highest BCUT2D eigenvalue weighted by molar-refractivity contribution is 5.60. The molecule has 0 radical (unpaired) electrons. The first-order valence-electron chi connectivity index (χ1n) is 2.08. The Labute approximate surface area is 48.7 Å². The normalized spacial score (nSPS) is 15.1. The first-order valence-corrected chi connectivity index (χ1v) is 2.08. The van der Waals surface area contributed by atoms with E-state index in [2.05, 4.69) is 0 Å². The van der Waals surface area contributed by atoms with Crippen molar-refractivity contribution in [2.75, 3.05) is 6.67 Å². The summed E-state index contributed by atoms with van der Waals surface area (Å²) in [6.07, 6.45) is -3.91. The van der Waals surface area contributed by atoms with Gasteiger partial charge in [0, 0.05) is 0 Å². The molecule has 0 saturated heterocycles. The molecule has 0 amide bonds. The predicted molar refractivity (Wildman–Crippen MR) is 21.9 cm³/mol. The van der Waals surface area contributed by atoms with Crippen molar-refractivity contribution in [3.05, 3.63) is 0 Å². The minimum absolute atomic E-state index is 0.906. The Balaban J connectivity index is 3.95. The molecule has 5 heteroatoms. The second-order valence-electron chi connectivity index (χ2n) is 1.41. The number of carbonyl (C=O) groups is 1. The largest absolute Gasteiger partial charge is 0.335 e. The molecule has 0 N–H and O–H groups in total. The van der Waals surface area contributed by atoms with Crippen molar-refractivity contribution < 1.29 is 22.4 Å². The molecule has 0 aromatic rings. The summed E-state index contributed by atoms with van der Waals surface area (Å²) in [6.45, 7) is -1.84. The van der Waals surface area contributed by atoms with Crippen LogP contribution in [-0.4, -0.2) is 25.1 Å². The smallest absolute Gasteiger partial charge is 0.297 e. The SMILES string of the molecule is O=CC(F)(F)C(F)CF. The highest BCUT2D eigenvalue weighted by Crippen LogP contribution is 2.18. The monoisotopic (exact) mass is 144 g/mol. The van der Waals surface area contributed by atoms with E-state index in [9.17, 15) is 22.4 Å². The van der Waals surface area contributed by atoms with Gasteiger partial charge in [-0.25, -0.2) is 8.78 Å². The van der Waals surface area contributed by atoms with Gasteiger partial charge in [0.05, 0.1) is 0 Å². The number of halogens is 4. The van der Waals surface area contributed by atoms with Crippen molar-refractivity contribution >= 4 is 6.29 Å². The van der Waals surface area contributed by atoms with Gasteiger partial charge in [-0.2, -0.15) is 8.78 Å². The molecule has 0 fully saturated rings. The van der Waals surface area contributed by atoms with Gasteiger partial charge in [0.1, 0.15) is 6.67 Å². The maximum Gasteiger partial charge on any atom is 0.335 e. The van der Waals surface area contributed by atoms with Crippen LogP contribution in [0.2, 0.25) is 0 Å². The van der Waals surface area contributed by atoms with E-state index < -0.39 is 25.1 Å². The maximum atomic E-state index is 11.6. The molecule has 0 saturated carbocycles. The zero-order valence-electron chi connectivity index (χ0n) is 4.28. The molecule has 0 aromatic carbocycles.